The van der Waals surface area contributed by atoms with Gasteiger partial charge in [0.05, 0.1) is 6.04 Å². The van der Waals surface area contributed by atoms with E-state index in [0.717, 1.165) is 11.1 Å². The van der Waals surface area contributed by atoms with Crippen molar-refractivity contribution in [2.75, 3.05) is 0 Å². The van der Waals surface area contributed by atoms with Crippen LogP contribution in [0.25, 0.3) is 6.08 Å². The van der Waals surface area contributed by atoms with E-state index in [2.05, 4.69) is 10.3 Å². The maximum Gasteiger partial charge on any atom is 0.244 e. The summed E-state index contributed by atoms with van der Waals surface area (Å²) in [5.41, 5.74) is 2.51. The van der Waals surface area contributed by atoms with Gasteiger partial charge in [0.25, 0.3) is 0 Å². The zero-order valence-electron chi connectivity index (χ0n) is 15.9. The molecular weight excluding hydrogens is 368 g/mol. The lowest BCUT2D eigenvalue weighted by atomic mass is 10.1. The fraction of sp³-hybridized carbons (Fsp3) is 0.130. The number of carbonyl (C=O) groups is 1. The molecule has 1 heterocycles. The lowest BCUT2D eigenvalue weighted by Gasteiger charge is -2.13. The molecule has 1 unspecified atom stereocenters. The molecule has 6 nitrogen and oxygen atoms in total. The highest BCUT2D eigenvalue weighted by atomic mass is 16.5. The zero-order chi connectivity index (χ0) is 20.6. The Balaban J connectivity index is 1.56. The van der Waals surface area contributed by atoms with E-state index in [9.17, 15) is 15.0 Å². The third kappa shape index (κ3) is 5.84. The van der Waals surface area contributed by atoms with Gasteiger partial charge in [-0.1, -0.05) is 18.2 Å². The molecule has 6 heteroatoms. The number of phenols is 2. The number of phenolic OH excluding ortho intramolecular Hbond substituents is 2. The average Bonchev–Trinajstić information content (AvgIpc) is 2.73. The van der Waals surface area contributed by atoms with Gasteiger partial charge in [0.15, 0.2) is 11.5 Å². The van der Waals surface area contributed by atoms with Gasteiger partial charge < -0.3 is 20.3 Å². The first kappa shape index (κ1) is 19.9. The van der Waals surface area contributed by atoms with Crippen molar-refractivity contribution < 1.29 is 19.7 Å². The van der Waals surface area contributed by atoms with Crippen LogP contribution in [-0.2, 0) is 11.4 Å². The fourth-order valence-corrected chi connectivity index (χ4v) is 2.68. The predicted octanol–water partition coefficient (Wildman–Crippen LogP) is 3.96. The molecule has 0 bridgehead atoms. The van der Waals surface area contributed by atoms with Crippen LogP contribution < -0.4 is 10.1 Å². The van der Waals surface area contributed by atoms with Crippen molar-refractivity contribution in [2.24, 2.45) is 0 Å². The summed E-state index contributed by atoms with van der Waals surface area (Å²) in [6.07, 6.45) is 6.38. The molecule has 0 saturated carbocycles. The molecule has 3 N–H and O–H groups in total. The van der Waals surface area contributed by atoms with Crippen LogP contribution in [-0.4, -0.2) is 21.1 Å². The van der Waals surface area contributed by atoms with E-state index in [-0.39, 0.29) is 23.4 Å². The van der Waals surface area contributed by atoms with Crippen molar-refractivity contribution >= 4 is 12.0 Å². The van der Waals surface area contributed by atoms with Crippen LogP contribution >= 0.6 is 0 Å². The molecule has 29 heavy (non-hydrogen) atoms. The third-order valence-electron chi connectivity index (χ3n) is 4.31. The number of rotatable bonds is 7. The molecule has 1 amide bonds. The van der Waals surface area contributed by atoms with Crippen molar-refractivity contribution in [1.29, 1.82) is 0 Å². The van der Waals surface area contributed by atoms with Crippen LogP contribution in [0.4, 0.5) is 0 Å². The van der Waals surface area contributed by atoms with Gasteiger partial charge in [0, 0.05) is 18.5 Å². The Morgan fingerprint density at radius 1 is 1.10 bits per heavy atom. The van der Waals surface area contributed by atoms with Crippen LogP contribution in [0.15, 0.2) is 73.1 Å². The zero-order valence-corrected chi connectivity index (χ0v) is 15.9. The molecule has 0 radical (unpaired) electrons. The number of benzene rings is 2. The number of hydrogen-bond donors (Lipinski definition) is 3. The monoisotopic (exact) mass is 390 g/mol. The van der Waals surface area contributed by atoms with E-state index < -0.39 is 0 Å². The van der Waals surface area contributed by atoms with Gasteiger partial charge in [-0.3, -0.25) is 9.78 Å². The number of nitrogens with zero attached hydrogens (tertiary/aromatic N) is 1. The molecular formula is C23H22N2O4. The lowest BCUT2D eigenvalue weighted by molar-refractivity contribution is -0.117. The number of pyridine rings is 1. The Morgan fingerprint density at radius 2 is 1.83 bits per heavy atom. The summed E-state index contributed by atoms with van der Waals surface area (Å²) in [6, 6.07) is 15.1. The lowest BCUT2D eigenvalue weighted by Crippen LogP contribution is -2.24. The van der Waals surface area contributed by atoms with Crippen molar-refractivity contribution in [2.45, 2.75) is 19.6 Å². The smallest absolute Gasteiger partial charge is 0.244 e. The second-order valence-electron chi connectivity index (χ2n) is 6.53. The Hall–Kier alpha value is -3.80. The van der Waals surface area contributed by atoms with Crippen LogP contribution in [0.3, 0.4) is 0 Å². The van der Waals surface area contributed by atoms with E-state index in [4.69, 9.17) is 4.74 Å². The topological polar surface area (TPSA) is 91.7 Å². The normalized spacial score (nSPS) is 11.9. The number of aromatic hydroxyl groups is 2. The molecule has 0 fully saturated rings. The number of amides is 1. The number of aromatic nitrogens is 1. The number of ether oxygens (including phenoxy) is 1. The van der Waals surface area contributed by atoms with Gasteiger partial charge >= 0.3 is 0 Å². The molecule has 0 saturated heterocycles. The third-order valence-corrected chi connectivity index (χ3v) is 4.31. The molecule has 0 aliphatic carbocycles. The first-order valence-corrected chi connectivity index (χ1v) is 9.13. The van der Waals surface area contributed by atoms with E-state index >= 15 is 0 Å². The summed E-state index contributed by atoms with van der Waals surface area (Å²) < 4.78 is 5.61. The Kier molecular flexibility index (Phi) is 6.47. The van der Waals surface area contributed by atoms with E-state index in [0.29, 0.717) is 17.9 Å². The highest BCUT2D eigenvalue weighted by Gasteiger charge is 2.08. The standard InChI is InChI=1S/C23H22N2O4/c1-16(19-4-6-20(26)7-5-19)25-23(28)9-3-17-2-8-22(21(27)14-17)29-15-18-10-12-24-13-11-18/h2-14,16,26-27H,15H2,1H3,(H,25,28)/b9-3+. The molecule has 0 aliphatic rings. The van der Waals surface area contributed by atoms with E-state index in [1.165, 1.54) is 12.1 Å². The summed E-state index contributed by atoms with van der Waals surface area (Å²) in [5.74, 6) is 0.284. The minimum atomic E-state index is -0.261. The fourth-order valence-electron chi connectivity index (χ4n) is 2.68. The molecule has 3 rings (SSSR count). The largest absolute Gasteiger partial charge is 0.508 e. The second-order valence-corrected chi connectivity index (χ2v) is 6.53. The van der Waals surface area contributed by atoms with Gasteiger partial charge in [-0.15, -0.1) is 0 Å². The first-order valence-electron chi connectivity index (χ1n) is 9.13. The summed E-state index contributed by atoms with van der Waals surface area (Å²) in [7, 11) is 0. The molecule has 1 aromatic heterocycles. The first-order chi connectivity index (χ1) is 14.0. The minimum absolute atomic E-state index is 0.000856. The van der Waals surface area contributed by atoms with Crippen LogP contribution in [0.2, 0.25) is 0 Å². The number of hydrogen-bond acceptors (Lipinski definition) is 5. The van der Waals surface area contributed by atoms with Crippen LogP contribution in [0.1, 0.15) is 29.7 Å². The SMILES string of the molecule is CC(NC(=O)/C=C/c1ccc(OCc2ccncc2)c(O)c1)c1ccc(O)cc1. The number of carbonyl (C=O) groups excluding carboxylic acids is 1. The maximum atomic E-state index is 12.1. The Morgan fingerprint density at radius 3 is 2.52 bits per heavy atom. The van der Waals surface area contributed by atoms with Gasteiger partial charge in [-0.25, -0.2) is 0 Å². The quantitative estimate of drug-likeness (QED) is 0.531. The summed E-state index contributed by atoms with van der Waals surface area (Å²) in [5, 5.41) is 22.3. The van der Waals surface area contributed by atoms with E-state index in [1.807, 2.05) is 19.1 Å². The minimum Gasteiger partial charge on any atom is -0.508 e. The summed E-state index contributed by atoms with van der Waals surface area (Å²) in [6.45, 7) is 2.18. The van der Waals surface area contributed by atoms with Crippen molar-refractivity contribution in [3.63, 3.8) is 0 Å². The van der Waals surface area contributed by atoms with Crippen molar-refractivity contribution in [1.82, 2.24) is 10.3 Å². The maximum absolute atomic E-state index is 12.1. The molecule has 2 aromatic carbocycles. The molecule has 1 atom stereocenters. The van der Waals surface area contributed by atoms with Crippen molar-refractivity contribution in [3.05, 3.63) is 89.8 Å². The summed E-state index contributed by atoms with van der Waals surface area (Å²) >= 11 is 0. The van der Waals surface area contributed by atoms with Gasteiger partial charge in [0.2, 0.25) is 5.91 Å². The van der Waals surface area contributed by atoms with Gasteiger partial charge in [-0.2, -0.15) is 0 Å². The molecule has 0 aliphatic heterocycles. The predicted molar refractivity (Wildman–Crippen MR) is 110 cm³/mol. The Labute approximate surface area is 169 Å². The molecule has 148 valence electrons. The Bertz CT molecular complexity index is 986. The molecule has 3 aromatic rings. The molecule has 0 spiro atoms. The average molecular weight is 390 g/mol. The highest BCUT2D eigenvalue weighted by Crippen LogP contribution is 2.28. The van der Waals surface area contributed by atoms with Gasteiger partial charge in [0.1, 0.15) is 12.4 Å². The highest BCUT2D eigenvalue weighted by molar-refractivity contribution is 5.92. The van der Waals surface area contributed by atoms with E-state index in [1.54, 1.807) is 54.9 Å². The number of nitrogens with one attached hydrogen (secondary N) is 1. The van der Waals surface area contributed by atoms with Crippen LogP contribution in [0, 0.1) is 0 Å². The second kappa shape index (κ2) is 9.41. The van der Waals surface area contributed by atoms with Crippen molar-refractivity contribution in [3.8, 4) is 17.2 Å². The summed E-state index contributed by atoms with van der Waals surface area (Å²) in [4.78, 5) is 16.1. The van der Waals surface area contributed by atoms with Gasteiger partial charge in [-0.05, 0) is 66.1 Å². The van der Waals surface area contributed by atoms with Crippen LogP contribution in [0.5, 0.6) is 17.2 Å².